The summed E-state index contributed by atoms with van der Waals surface area (Å²) in [6, 6.07) is 4.61. The zero-order valence-corrected chi connectivity index (χ0v) is 11.2. The van der Waals surface area contributed by atoms with E-state index in [1.807, 2.05) is 13.0 Å². The maximum absolute atomic E-state index is 13.4. The highest BCUT2D eigenvalue weighted by molar-refractivity contribution is 5.55. The summed E-state index contributed by atoms with van der Waals surface area (Å²) in [4.78, 5) is 4.33. The number of hydrogen-bond acceptors (Lipinski definition) is 5. The van der Waals surface area contributed by atoms with Gasteiger partial charge in [0, 0.05) is 18.2 Å². The molecule has 2 atom stereocenters. The summed E-state index contributed by atoms with van der Waals surface area (Å²) in [5.41, 5.74) is 7.45. The van der Waals surface area contributed by atoms with Crippen LogP contribution in [0.2, 0.25) is 0 Å². The molecule has 2 N–H and O–H groups in total. The molecule has 0 amide bonds. The number of nitrogens with two attached hydrogens (primary N) is 1. The van der Waals surface area contributed by atoms with Gasteiger partial charge in [0.05, 0.1) is 12.5 Å². The number of aryl methyl sites for hydroxylation is 1. The van der Waals surface area contributed by atoms with Gasteiger partial charge in [-0.2, -0.15) is 4.98 Å². The molecule has 6 heteroatoms. The maximum Gasteiger partial charge on any atom is 0.233 e. The van der Waals surface area contributed by atoms with Crippen LogP contribution in [-0.2, 0) is 4.74 Å². The molecule has 2 aromatic rings. The molecule has 1 aliphatic heterocycles. The van der Waals surface area contributed by atoms with Crippen LogP contribution in [0.4, 0.5) is 4.39 Å². The molecule has 0 aliphatic carbocycles. The highest BCUT2D eigenvalue weighted by Gasteiger charge is 2.29. The third kappa shape index (κ3) is 2.57. The average Bonchev–Trinajstić information content (AvgIpc) is 2.87. The highest BCUT2D eigenvalue weighted by atomic mass is 19.1. The van der Waals surface area contributed by atoms with Crippen molar-refractivity contribution >= 4 is 0 Å². The van der Waals surface area contributed by atoms with Gasteiger partial charge in [0.1, 0.15) is 5.82 Å². The molecule has 0 spiro atoms. The molecule has 5 nitrogen and oxygen atoms in total. The normalized spacial score (nSPS) is 22.9. The molecule has 2 heterocycles. The number of nitrogens with zero attached hydrogens (tertiary/aromatic N) is 2. The summed E-state index contributed by atoms with van der Waals surface area (Å²) in [5, 5.41) is 3.91. The average molecular weight is 277 g/mol. The van der Waals surface area contributed by atoms with Crippen LogP contribution in [0, 0.1) is 12.7 Å². The second kappa shape index (κ2) is 5.30. The minimum Gasteiger partial charge on any atom is -0.381 e. The van der Waals surface area contributed by atoms with E-state index in [4.69, 9.17) is 15.0 Å². The lowest BCUT2D eigenvalue weighted by molar-refractivity contribution is 0.0590. The molecule has 1 aliphatic rings. The van der Waals surface area contributed by atoms with Gasteiger partial charge in [0.15, 0.2) is 0 Å². The monoisotopic (exact) mass is 277 g/mol. The summed E-state index contributed by atoms with van der Waals surface area (Å²) < 4.78 is 24.1. The molecule has 106 valence electrons. The van der Waals surface area contributed by atoms with Gasteiger partial charge in [-0.1, -0.05) is 5.16 Å². The predicted octanol–water partition coefficient (Wildman–Crippen LogP) is 2.02. The Labute approximate surface area is 115 Å². The number of rotatable bonds is 2. The van der Waals surface area contributed by atoms with E-state index in [-0.39, 0.29) is 17.8 Å². The van der Waals surface area contributed by atoms with Crippen molar-refractivity contribution in [1.29, 1.82) is 0 Å². The van der Waals surface area contributed by atoms with E-state index in [2.05, 4.69) is 10.1 Å². The SMILES string of the molecule is Cc1cc(F)cc(-c2noc(C3COCCC3N)n2)c1. The van der Waals surface area contributed by atoms with Crippen molar-refractivity contribution in [2.24, 2.45) is 5.73 Å². The van der Waals surface area contributed by atoms with Crippen LogP contribution >= 0.6 is 0 Å². The van der Waals surface area contributed by atoms with Crippen LogP contribution in [-0.4, -0.2) is 29.4 Å². The number of benzene rings is 1. The van der Waals surface area contributed by atoms with E-state index in [1.54, 1.807) is 0 Å². The number of aromatic nitrogens is 2. The zero-order valence-electron chi connectivity index (χ0n) is 11.2. The third-order valence-corrected chi connectivity index (χ3v) is 3.47. The smallest absolute Gasteiger partial charge is 0.233 e. The second-order valence-electron chi connectivity index (χ2n) is 5.11. The van der Waals surface area contributed by atoms with Crippen molar-refractivity contribution in [1.82, 2.24) is 10.1 Å². The molecule has 0 bridgehead atoms. The molecule has 0 radical (unpaired) electrons. The maximum atomic E-state index is 13.4. The van der Waals surface area contributed by atoms with Crippen LogP contribution in [0.25, 0.3) is 11.4 Å². The van der Waals surface area contributed by atoms with E-state index in [0.29, 0.717) is 30.5 Å². The van der Waals surface area contributed by atoms with E-state index in [0.717, 1.165) is 12.0 Å². The Morgan fingerprint density at radius 3 is 2.95 bits per heavy atom. The predicted molar refractivity (Wildman–Crippen MR) is 70.6 cm³/mol. The summed E-state index contributed by atoms with van der Waals surface area (Å²) in [5.74, 6) is 0.415. The molecule has 1 aromatic carbocycles. The van der Waals surface area contributed by atoms with Gasteiger partial charge in [-0.25, -0.2) is 4.39 Å². The first-order valence-corrected chi connectivity index (χ1v) is 6.58. The fourth-order valence-electron chi connectivity index (χ4n) is 2.38. The summed E-state index contributed by atoms with van der Waals surface area (Å²) >= 11 is 0. The number of hydrogen-bond donors (Lipinski definition) is 1. The Balaban J connectivity index is 1.89. The lowest BCUT2D eigenvalue weighted by atomic mass is 9.97. The highest BCUT2D eigenvalue weighted by Crippen LogP contribution is 2.26. The Hall–Kier alpha value is -1.79. The standard InChI is InChI=1S/C14H16FN3O2/c1-8-4-9(6-10(15)5-8)13-17-14(20-18-13)11-7-19-3-2-12(11)16/h4-6,11-12H,2-3,7,16H2,1H3. The van der Waals surface area contributed by atoms with Crippen molar-refractivity contribution in [3.8, 4) is 11.4 Å². The number of halogens is 1. The topological polar surface area (TPSA) is 74.2 Å². The van der Waals surface area contributed by atoms with Crippen LogP contribution in [0.5, 0.6) is 0 Å². The third-order valence-electron chi connectivity index (χ3n) is 3.47. The minimum absolute atomic E-state index is 0.0497. The lowest BCUT2D eigenvalue weighted by Crippen LogP contribution is -2.37. The fourth-order valence-corrected chi connectivity index (χ4v) is 2.38. The molecule has 1 fully saturated rings. The molecule has 2 unspecified atom stereocenters. The molecular weight excluding hydrogens is 261 g/mol. The van der Waals surface area contributed by atoms with Gasteiger partial charge in [-0.15, -0.1) is 0 Å². The van der Waals surface area contributed by atoms with E-state index in [9.17, 15) is 4.39 Å². The largest absolute Gasteiger partial charge is 0.381 e. The Kier molecular flexibility index (Phi) is 3.50. The van der Waals surface area contributed by atoms with Gasteiger partial charge in [0.25, 0.3) is 0 Å². The van der Waals surface area contributed by atoms with Crippen molar-refractivity contribution in [2.45, 2.75) is 25.3 Å². The van der Waals surface area contributed by atoms with Crippen LogP contribution in [0.1, 0.15) is 23.8 Å². The first-order chi connectivity index (χ1) is 9.63. The molecule has 20 heavy (non-hydrogen) atoms. The van der Waals surface area contributed by atoms with Crippen molar-refractivity contribution in [3.63, 3.8) is 0 Å². The van der Waals surface area contributed by atoms with Gasteiger partial charge < -0.3 is 15.0 Å². The summed E-state index contributed by atoms with van der Waals surface area (Å²) in [7, 11) is 0. The molecule has 1 saturated heterocycles. The van der Waals surface area contributed by atoms with E-state index >= 15 is 0 Å². The Morgan fingerprint density at radius 1 is 1.35 bits per heavy atom. The molecule has 3 rings (SSSR count). The van der Waals surface area contributed by atoms with Crippen molar-refractivity contribution < 1.29 is 13.7 Å². The summed E-state index contributed by atoms with van der Waals surface area (Å²) in [6.45, 7) is 2.95. The molecule has 1 aromatic heterocycles. The zero-order chi connectivity index (χ0) is 14.1. The Bertz CT molecular complexity index is 594. The van der Waals surface area contributed by atoms with Crippen LogP contribution in [0.3, 0.4) is 0 Å². The first kappa shape index (κ1) is 13.2. The molecular formula is C14H16FN3O2. The minimum atomic E-state index is -0.316. The van der Waals surface area contributed by atoms with Gasteiger partial charge in [-0.3, -0.25) is 0 Å². The Morgan fingerprint density at radius 2 is 2.20 bits per heavy atom. The van der Waals surface area contributed by atoms with E-state index in [1.165, 1.54) is 12.1 Å². The lowest BCUT2D eigenvalue weighted by Gasteiger charge is -2.25. The fraction of sp³-hybridized carbons (Fsp3) is 0.429. The van der Waals surface area contributed by atoms with Gasteiger partial charge >= 0.3 is 0 Å². The van der Waals surface area contributed by atoms with Crippen molar-refractivity contribution in [3.05, 3.63) is 35.5 Å². The molecule has 0 saturated carbocycles. The number of ether oxygens (including phenoxy) is 1. The van der Waals surface area contributed by atoms with Crippen molar-refractivity contribution in [2.75, 3.05) is 13.2 Å². The quantitative estimate of drug-likeness (QED) is 0.909. The first-order valence-electron chi connectivity index (χ1n) is 6.58. The van der Waals surface area contributed by atoms with Crippen LogP contribution < -0.4 is 5.73 Å². The van der Waals surface area contributed by atoms with Crippen LogP contribution in [0.15, 0.2) is 22.7 Å². The van der Waals surface area contributed by atoms with Gasteiger partial charge in [0.2, 0.25) is 11.7 Å². The second-order valence-corrected chi connectivity index (χ2v) is 5.11. The van der Waals surface area contributed by atoms with Gasteiger partial charge in [-0.05, 0) is 37.1 Å². The van der Waals surface area contributed by atoms with E-state index < -0.39 is 0 Å². The summed E-state index contributed by atoms with van der Waals surface area (Å²) in [6.07, 6.45) is 0.765.